The molecule has 2 aromatic carbocycles. The maximum atomic E-state index is 13.4. The molecule has 0 N–H and O–H groups in total. The Morgan fingerprint density at radius 1 is 1.10 bits per heavy atom. The fourth-order valence-corrected chi connectivity index (χ4v) is 4.84. The summed E-state index contributed by atoms with van der Waals surface area (Å²) in [6, 6.07) is 18.9. The minimum atomic E-state index is -0.660. The summed E-state index contributed by atoms with van der Waals surface area (Å²) < 4.78 is 6.85. The van der Waals surface area contributed by atoms with Crippen LogP contribution in [0, 0.1) is 0 Å². The second-order valence-corrected chi connectivity index (χ2v) is 7.98. The zero-order valence-corrected chi connectivity index (χ0v) is 17.4. The molecule has 1 saturated heterocycles. The molecular weight excluding hydrogens is 400 g/mol. The van der Waals surface area contributed by atoms with E-state index >= 15 is 0 Å². The van der Waals surface area contributed by atoms with Gasteiger partial charge in [-0.3, -0.25) is 4.79 Å². The van der Waals surface area contributed by atoms with E-state index in [1.54, 1.807) is 34.5 Å². The van der Waals surface area contributed by atoms with Gasteiger partial charge in [-0.15, -0.1) is 16.9 Å². The molecule has 7 nitrogen and oxygen atoms in total. The largest absolute Gasteiger partial charge is 0.464 e. The molecule has 1 fully saturated rings. The third-order valence-corrected chi connectivity index (χ3v) is 6.15. The number of hydrogen-bond acceptors (Lipinski definition) is 6. The quantitative estimate of drug-likeness (QED) is 0.568. The van der Waals surface area contributed by atoms with Crippen molar-refractivity contribution in [1.29, 1.82) is 0 Å². The molecule has 8 heteroatoms. The van der Waals surface area contributed by atoms with E-state index in [4.69, 9.17) is 4.74 Å². The molecule has 3 aromatic rings. The molecule has 1 aliphatic rings. The van der Waals surface area contributed by atoms with Gasteiger partial charge in [0.05, 0.1) is 19.3 Å². The van der Waals surface area contributed by atoms with Crippen LogP contribution in [0.5, 0.6) is 0 Å². The van der Waals surface area contributed by atoms with E-state index in [1.165, 1.54) is 0 Å². The Morgan fingerprint density at radius 2 is 1.80 bits per heavy atom. The van der Waals surface area contributed by atoms with Gasteiger partial charge in [0, 0.05) is 5.75 Å². The van der Waals surface area contributed by atoms with E-state index in [-0.39, 0.29) is 23.6 Å². The number of thioether (sulfide) groups is 1. The number of rotatable bonds is 6. The van der Waals surface area contributed by atoms with Crippen molar-refractivity contribution >= 4 is 23.6 Å². The molecule has 0 saturated carbocycles. The molecule has 0 spiro atoms. The number of amides is 1. The van der Waals surface area contributed by atoms with Crippen molar-refractivity contribution in [2.75, 3.05) is 12.4 Å². The smallest absolute Gasteiger partial charge is 0.329 e. The first kappa shape index (κ1) is 20.2. The third kappa shape index (κ3) is 4.23. The number of nitrogens with zero attached hydrogens (tertiary/aromatic N) is 4. The molecule has 1 unspecified atom stereocenters. The highest BCUT2D eigenvalue weighted by Crippen LogP contribution is 2.42. The van der Waals surface area contributed by atoms with E-state index in [2.05, 4.69) is 10.3 Å². The molecular formula is C22H22N4O3S. The van der Waals surface area contributed by atoms with E-state index < -0.39 is 12.0 Å². The van der Waals surface area contributed by atoms with Crippen LogP contribution in [0.1, 0.15) is 33.9 Å². The van der Waals surface area contributed by atoms with Crippen molar-refractivity contribution in [3.05, 3.63) is 83.7 Å². The van der Waals surface area contributed by atoms with Crippen LogP contribution in [0.3, 0.4) is 0 Å². The van der Waals surface area contributed by atoms with Crippen LogP contribution < -0.4 is 0 Å². The third-order valence-electron chi connectivity index (χ3n) is 4.82. The van der Waals surface area contributed by atoms with Crippen LogP contribution in [0.15, 0.2) is 66.9 Å². The van der Waals surface area contributed by atoms with Crippen LogP contribution in [0.2, 0.25) is 0 Å². The normalized spacial score (nSPS) is 18.4. The van der Waals surface area contributed by atoms with Crippen molar-refractivity contribution < 1.29 is 14.3 Å². The molecule has 2 atom stereocenters. The van der Waals surface area contributed by atoms with E-state index in [0.29, 0.717) is 12.3 Å². The lowest BCUT2D eigenvalue weighted by Crippen LogP contribution is -2.44. The van der Waals surface area contributed by atoms with Crippen LogP contribution in [0.4, 0.5) is 0 Å². The maximum Gasteiger partial charge on any atom is 0.329 e. The molecule has 1 amide bonds. The summed E-state index contributed by atoms with van der Waals surface area (Å²) in [6.07, 6.45) is 1.63. The van der Waals surface area contributed by atoms with Gasteiger partial charge in [0.25, 0.3) is 5.91 Å². The van der Waals surface area contributed by atoms with Gasteiger partial charge in [0.15, 0.2) is 5.69 Å². The van der Waals surface area contributed by atoms with Crippen molar-refractivity contribution in [1.82, 2.24) is 19.9 Å². The SMILES string of the molecule is CCOC(=O)[C@@H]1CSC(c2ccccc2)N1C(=O)c1cn(Cc2ccccc2)nn1. The average molecular weight is 423 g/mol. The Bertz CT molecular complexity index is 1010. The molecule has 30 heavy (non-hydrogen) atoms. The first-order valence-corrected chi connectivity index (χ1v) is 10.8. The molecule has 2 heterocycles. The minimum Gasteiger partial charge on any atom is -0.464 e. The van der Waals surface area contributed by atoms with Crippen molar-refractivity contribution in [2.24, 2.45) is 0 Å². The highest BCUT2D eigenvalue weighted by Gasteiger charge is 2.44. The molecule has 154 valence electrons. The Morgan fingerprint density at radius 3 is 2.50 bits per heavy atom. The molecule has 1 aromatic heterocycles. The second kappa shape index (κ2) is 9.13. The van der Waals surface area contributed by atoms with E-state index in [0.717, 1.165) is 11.1 Å². The summed E-state index contributed by atoms with van der Waals surface area (Å²) in [7, 11) is 0. The summed E-state index contributed by atoms with van der Waals surface area (Å²) >= 11 is 1.55. The maximum absolute atomic E-state index is 13.4. The number of carbonyl (C=O) groups is 2. The van der Waals surface area contributed by atoms with Gasteiger partial charge >= 0.3 is 5.97 Å². The van der Waals surface area contributed by atoms with Gasteiger partial charge in [-0.2, -0.15) is 0 Å². The molecule has 4 rings (SSSR count). The van der Waals surface area contributed by atoms with Crippen molar-refractivity contribution in [3.63, 3.8) is 0 Å². The van der Waals surface area contributed by atoms with Gasteiger partial charge in [0.1, 0.15) is 11.4 Å². The number of aromatic nitrogens is 3. The molecule has 0 bridgehead atoms. The topological polar surface area (TPSA) is 77.3 Å². The lowest BCUT2D eigenvalue weighted by atomic mass is 10.1. The number of carbonyl (C=O) groups excluding carboxylic acids is 2. The van der Waals surface area contributed by atoms with Gasteiger partial charge < -0.3 is 9.64 Å². The highest BCUT2D eigenvalue weighted by molar-refractivity contribution is 7.99. The Kier molecular flexibility index (Phi) is 6.13. The fourth-order valence-electron chi connectivity index (χ4n) is 3.43. The summed E-state index contributed by atoms with van der Waals surface area (Å²) in [5.74, 6) is -0.248. The summed E-state index contributed by atoms with van der Waals surface area (Å²) in [4.78, 5) is 27.5. The molecule has 0 aliphatic carbocycles. The second-order valence-electron chi connectivity index (χ2n) is 6.86. The number of hydrogen-bond donors (Lipinski definition) is 0. The van der Waals surface area contributed by atoms with Crippen LogP contribution in [0.25, 0.3) is 0 Å². The van der Waals surface area contributed by atoms with E-state index in [1.807, 2.05) is 60.7 Å². The lowest BCUT2D eigenvalue weighted by molar-refractivity contribution is -0.147. The first-order valence-electron chi connectivity index (χ1n) is 9.77. The summed E-state index contributed by atoms with van der Waals surface area (Å²) in [6.45, 7) is 2.54. The average Bonchev–Trinajstić information content (AvgIpc) is 3.42. The van der Waals surface area contributed by atoms with Crippen molar-refractivity contribution in [3.8, 4) is 0 Å². The molecule has 1 aliphatic heterocycles. The minimum absolute atomic E-state index is 0.212. The summed E-state index contributed by atoms with van der Waals surface area (Å²) in [5, 5.41) is 7.90. The Hall–Kier alpha value is -3.13. The Balaban J connectivity index is 1.60. The monoisotopic (exact) mass is 422 g/mol. The number of benzene rings is 2. The van der Waals surface area contributed by atoms with Crippen molar-refractivity contribution in [2.45, 2.75) is 24.9 Å². The van der Waals surface area contributed by atoms with E-state index in [9.17, 15) is 9.59 Å². The van der Waals surface area contributed by atoms with Gasteiger partial charge in [-0.05, 0) is 18.1 Å². The van der Waals surface area contributed by atoms with Crippen LogP contribution in [-0.2, 0) is 16.1 Å². The van der Waals surface area contributed by atoms with Crippen LogP contribution >= 0.6 is 11.8 Å². The van der Waals surface area contributed by atoms with Crippen LogP contribution in [-0.4, -0.2) is 50.2 Å². The van der Waals surface area contributed by atoms with Gasteiger partial charge in [0.2, 0.25) is 0 Å². The zero-order chi connectivity index (χ0) is 20.9. The zero-order valence-electron chi connectivity index (χ0n) is 16.5. The fraction of sp³-hybridized carbons (Fsp3) is 0.273. The van der Waals surface area contributed by atoms with Gasteiger partial charge in [-0.1, -0.05) is 65.9 Å². The standard InChI is InChI=1S/C22H22N4O3S/c1-2-29-22(28)19-15-30-21(17-11-7-4-8-12-17)26(19)20(27)18-14-25(24-23-18)13-16-9-5-3-6-10-16/h3-12,14,19,21H,2,13,15H2,1H3/t19-,21?/m0/s1. The predicted octanol–water partition coefficient (Wildman–Crippen LogP) is 3.15. The number of ether oxygens (including phenoxy) is 1. The first-order chi connectivity index (χ1) is 14.7. The summed E-state index contributed by atoms with van der Waals surface area (Å²) in [5.41, 5.74) is 2.23. The number of esters is 1. The lowest BCUT2D eigenvalue weighted by Gasteiger charge is -2.27. The van der Waals surface area contributed by atoms with Gasteiger partial charge in [-0.25, -0.2) is 9.48 Å². The molecule has 0 radical (unpaired) electrons. The highest BCUT2D eigenvalue weighted by atomic mass is 32.2. The predicted molar refractivity (Wildman–Crippen MR) is 114 cm³/mol. The Labute approximate surface area is 179 Å².